The van der Waals surface area contributed by atoms with Crippen LogP contribution in [0.25, 0.3) is 0 Å². The van der Waals surface area contributed by atoms with Gasteiger partial charge in [0.25, 0.3) is 0 Å². The number of aryl methyl sites for hydroxylation is 1. The van der Waals surface area contributed by atoms with Crippen molar-refractivity contribution in [2.75, 3.05) is 0 Å². The Morgan fingerprint density at radius 1 is 1.46 bits per heavy atom. The molecule has 0 radical (unpaired) electrons. The first-order valence-electron chi connectivity index (χ1n) is 4.07. The van der Waals surface area contributed by atoms with Crippen molar-refractivity contribution in [1.29, 1.82) is 0 Å². The molecule has 0 fully saturated rings. The van der Waals surface area contributed by atoms with E-state index in [4.69, 9.17) is 11.5 Å². The predicted octanol–water partition coefficient (Wildman–Crippen LogP) is 1.48. The lowest BCUT2D eigenvalue weighted by Crippen LogP contribution is -2.21. The first-order valence-corrected chi connectivity index (χ1v) is 4.89. The summed E-state index contributed by atoms with van der Waals surface area (Å²) < 4.78 is 0. The van der Waals surface area contributed by atoms with E-state index in [0.717, 1.165) is 5.69 Å². The highest BCUT2D eigenvalue weighted by Gasteiger charge is 2.09. The summed E-state index contributed by atoms with van der Waals surface area (Å²) >= 11 is 1.51. The monoisotopic (exact) mass is 198 g/mol. The fourth-order valence-electron chi connectivity index (χ4n) is 1.09. The Balaban J connectivity index is 3.02. The second-order valence-electron chi connectivity index (χ2n) is 3.13. The number of thiazole rings is 1. The summed E-state index contributed by atoms with van der Waals surface area (Å²) in [6, 6.07) is 0. The molecular formula is C8H14N4S. The van der Waals surface area contributed by atoms with E-state index in [2.05, 4.69) is 23.8 Å². The second kappa shape index (κ2) is 3.74. The van der Waals surface area contributed by atoms with Crippen molar-refractivity contribution < 1.29 is 0 Å². The molecule has 1 aromatic heterocycles. The number of aromatic nitrogens is 1. The molecule has 0 bridgehead atoms. The smallest absolute Gasteiger partial charge is 0.212 e. The molecule has 0 spiro atoms. The van der Waals surface area contributed by atoms with Gasteiger partial charge in [-0.2, -0.15) is 4.99 Å². The number of hydrogen-bond donors (Lipinski definition) is 2. The Morgan fingerprint density at radius 2 is 2.08 bits per heavy atom. The van der Waals surface area contributed by atoms with E-state index in [9.17, 15) is 0 Å². The molecule has 72 valence electrons. The number of hydrogen-bond acceptors (Lipinski definition) is 3. The summed E-state index contributed by atoms with van der Waals surface area (Å²) in [5.74, 6) is 0.475. The number of guanidine groups is 1. The van der Waals surface area contributed by atoms with Crippen molar-refractivity contribution in [3.05, 3.63) is 10.6 Å². The Labute approximate surface area is 81.7 Å². The molecule has 0 aromatic carbocycles. The molecule has 0 atom stereocenters. The molecule has 0 saturated carbocycles. The Kier molecular flexibility index (Phi) is 2.87. The van der Waals surface area contributed by atoms with Crippen LogP contribution in [0, 0.1) is 6.92 Å². The lowest BCUT2D eigenvalue weighted by molar-refractivity contribution is 0.825. The Morgan fingerprint density at radius 3 is 2.46 bits per heavy atom. The zero-order chi connectivity index (χ0) is 10.0. The van der Waals surface area contributed by atoms with Crippen molar-refractivity contribution >= 4 is 22.4 Å². The Hall–Kier alpha value is -1.10. The summed E-state index contributed by atoms with van der Waals surface area (Å²) in [6.07, 6.45) is 0. The molecule has 0 aliphatic rings. The molecule has 4 nitrogen and oxygen atoms in total. The maximum absolute atomic E-state index is 5.25. The molecule has 13 heavy (non-hydrogen) atoms. The molecule has 0 saturated heterocycles. The quantitative estimate of drug-likeness (QED) is 0.558. The van der Waals surface area contributed by atoms with Gasteiger partial charge in [-0.3, -0.25) is 0 Å². The standard InChI is InChI=1S/C8H14N4S/c1-4(2)6-5(3)13-8(11-6)12-7(9)10/h4H,1-3H3,(H4,9,10,11,12). The average Bonchev–Trinajstić information content (AvgIpc) is 2.29. The molecule has 1 aromatic rings. The third kappa shape index (κ3) is 2.42. The van der Waals surface area contributed by atoms with Crippen molar-refractivity contribution in [3.63, 3.8) is 0 Å². The number of nitrogens with two attached hydrogens (primary N) is 2. The lowest BCUT2D eigenvalue weighted by atomic mass is 10.1. The molecule has 1 rings (SSSR count). The van der Waals surface area contributed by atoms with Crippen molar-refractivity contribution in [2.45, 2.75) is 26.7 Å². The van der Waals surface area contributed by atoms with Crippen LogP contribution in [0.4, 0.5) is 5.13 Å². The van der Waals surface area contributed by atoms with Gasteiger partial charge < -0.3 is 11.5 Å². The maximum Gasteiger partial charge on any atom is 0.212 e. The van der Waals surface area contributed by atoms with Crippen molar-refractivity contribution in [3.8, 4) is 0 Å². The number of aliphatic imine (C=N–C) groups is 1. The number of nitrogens with zero attached hydrogens (tertiary/aromatic N) is 2. The first kappa shape index (κ1) is 9.98. The average molecular weight is 198 g/mol. The fraction of sp³-hybridized carbons (Fsp3) is 0.500. The number of rotatable bonds is 2. The van der Waals surface area contributed by atoms with Crippen LogP contribution >= 0.6 is 11.3 Å². The summed E-state index contributed by atoms with van der Waals surface area (Å²) in [4.78, 5) is 9.40. The highest BCUT2D eigenvalue weighted by Crippen LogP contribution is 2.28. The zero-order valence-corrected chi connectivity index (χ0v) is 8.85. The Bertz CT molecular complexity index is 323. The van der Waals surface area contributed by atoms with Gasteiger partial charge in [0.05, 0.1) is 5.69 Å². The van der Waals surface area contributed by atoms with E-state index >= 15 is 0 Å². The molecule has 0 aliphatic carbocycles. The first-order chi connectivity index (χ1) is 6.00. The summed E-state index contributed by atoms with van der Waals surface area (Å²) in [7, 11) is 0. The fourth-order valence-corrected chi connectivity index (χ4v) is 2.04. The molecule has 0 aliphatic heterocycles. The van der Waals surface area contributed by atoms with Gasteiger partial charge in [0.1, 0.15) is 0 Å². The third-order valence-corrected chi connectivity index (χ3v) is 2.47. The minimum atomic E-state index is 0.0593. The third-order valence-electron chi connectivity index (χ3n) is 1.59. The zero-order valence-electron chi connectivity index (χ0n) is 8.03. The van der Waals surface area contributed by atoms with E-state index in [1.54, 1.807) is 0 Å². The molecule has 5 heteroatoms. The van der Waals surface area contributed by atoms with Gasteiger partial charge in [-0.1, -0.05) is 25.2 Å². The van der Waals surface area contributed by atoms with Crippen LogP contribution in [0.2, 0.25) is 0 Å². The van der Waals surface area contributed by atoms with Gasteiger partial charge in [-0.05, 0) is 12.8 Å². The van der Waals surface area contributed by atoms with Crippen molar-refractivity contribution in [2.24, 2.45) is 16.5 Å². The summed E-state index contributed by atoms with van der Waals surface area (Å²) in [5.41, 5.74) is 11.6. The van der Waals surface area contributed by atoms with Crippen LogP contribution in [-0.2, 0) is 0 Å². The molecular weight excluding hydrogens is 184 g/mol. The normalized spacial score (nSPS) is 10.5. The van der Waals surface area contributed by atoms with Crippen molar-refractivity contribution in [1.82, 2.24) is 4.98 Å². The molecule has 1 heterocycles. The maximum atomic E-state index is 5.25. The van der Waals surface area contributed by atoms with Crippen LogP contribution < -0.4 is 11.5 Å². The largest absolute Gasteiger partial charge is 0.370 e. The van der Waals surface area contributed by atoms with Crippen LogP contribution in [0.15, 0.2) is 4.99 Å². The van der Waals surface area contributed by atoms with Gasteiger partial charge >= 0.3 is 0 Å². The van der Waals surface area contributed by atoms with Gasteiger partial charge in [0, 0.05) is 4.88 Å². The minimum absolute atomic E-state index is 0.0593. The lowest BCUT2D eigenvalue weighted by Gasteiger charge is -1.98. The van der Waals surface area contributed by atoms with E-state index < -0.39 is 0 Å². The van der Waals surface area contributed by atoms with E-state index in [-0.39, 0.29) is 5.96 Å². The van der Waals surface area contributed by atoms with Crippen LogP contribution in [0.5, 0.6) is 0 Å². The van der Waals surface area contributed by atoms with Crippen LogP contribution in [0.1, 0.15) is 30.3 Å². The molecule has 0 amide bonds. The SMILES string of the molecule is Cc1sc(N=C(N)N)nc1C(C)C. The van der Waals surface area contributed by atoms with Crippen LogP contribution in [0.3, 0.4) is 0 Å². The second-order valence-corrected chi connectivity index (χ2v) is 4.31. The predicted molar refractivity (Wildman–Crippen MR) is 56.4 cm³/mol. The van der Waals surface area contributed by atoms with Gasteiger partial charge in [-0.15, -0.1) is 0 Å². The van der Waals surface area contributed by atoms with Gasteiger partial charge in [0.15, 0.2) is 5.96 Å². The van der Waals surface area contributed by atoms with Gasteiger partial charge in [-0.25, -0.2) is 4.98 Å². The van der Waals surface area contributed by atoms with E-state index in [1.165, 1.54) is 16.2 Å². The highest BCUT2D eigenvalue weighted by atomic mass is 32.1. The van der Waals surface area contributed by atoms with E-state index in [1.807, 2.05) is 6.92 Å². The summed E-state index contributed by atoms with van der Waals surface area (Å²) in [6.45, 7) is 6.22. The minimum Gasteiger partial charge on any atom is -0.370 e. The molecule has 4 N–H and O–H groups in total. The topological polar surface area (TPSA) is 77.3 Å². The van der Waals surface area contributed by atoms with Gasteiger partial charge in [0.2, 0.25) is 5.13 Å². The van der Waals surface area contributed by atoms with E-state index in [0.29, 0.717) is 11.0 Å². The summed E-state index contributed by atoms with van der Waals surface area (Å²) in [5, 5.41) is 0.640. The highest BCUT2D eigenvalue weighted by molar-refractivity contribution is 7.15. The van der Waals surface area contributed by atoms with Crippen LogP contribution in [-0.4, -0.2) is 10.9 Å². The molecule has 0 unspecified atom stereocenters.